The lowest BCUT2D eigenvalue weighted by molar-refractivity contribution is -0.117. The lowest BCUT2D eigenvalue weighted by Gasteiger charge is -2.16. The molecule has 0 spiro atoms. The van der Waals surface area contributed by atoms with E-state index in [4.69, 9.17) is 4.74 Å². The van der Waals surface area contributed by atoms with Crippen LogP contribution in [0.1, 0.15) is 10.4 Å². The molecule has 1 aliphatic heterocycles. The Bertz CT molecular complexity index is 1020. The number of amidine groups is 1. The van der Waals surface area contributed by atoms with E-state index in [1.165, 1.54) is 11.8 Å². The molecule has 3 aromatic rings. The van der Waals surface area contributed by atoms with Gasteiger partial charge in [0.25, 0.3) is 0 Å². The Balaban J connectivity index is 1.57. The third-order valence-electron chi connectivity index (χ3n) is 4.35. The average Bonchev–Trinajstić information content (AvgIpc) is 3.08. The molecular formula is C23H18N2O3S. The number of carbonyl (C=O) groups excluding carboxylic acids is 2. The lowest BCUT2D eigenvalue weighted by Crippen LogP contribution is -2.34. The molecule has 4 rings (SSSR count). The van der Waals surface area contributed by atoms with Crippen LogP contribution in [-0.4, -0.2) is 29.2 Å². The van der Waals surface area contributed by atoms with Crippen LogP contribution in [0.2, 0.25) is 0 Å². The average molecular weight is 402 g/mol. The minimum Gasteiger partial charge on any atom is -0.492 e. The van der Waals surface area contributed by atoms with Crippen LogP contribution in [0.25, 0.3) is 0 Å². The molecule has 0 bridgehead atoms. The molecule has 0 aliphatic carbocycles. The zero-order valence-electron chi connectivity index (χ0n) is 15.5. The standard InChI is InChI=1S/C23H18N2O3S/c26-15-17-11-13-20(14-12-17)28-16-21-22(27)25(19-9-5-2-6-10-19)23(29-21)24-18-7-3-1-4-8-18/h1-15,21H,16H2. The van der Waals surface area contributed by atoms with E-state index in [0.29, 0.717) is 16.5 Å². The largest absolute Gasteiger partial charge is 0.492 e. The maximum Gasteiger partial charge on any atom is 0.250 e. The summed E-state index contributed by atoms with van der Waals surface area (Å²) >= 11 is 1.39. The van der Waals surface area contributed by atoms with Gasteiger partial charge in [-0.25, -0.2) is 4.99 Å². The van der Waals surface area contributed by atoms with E-state index < -0.39 is 5.25 Å². The number of nitrogens with zero attached hydrogens (tertiary/aromatic N) is 2. The molecule has 1 unspecified atom stereocenters. The first-order valence-corrected chi connectivity index (χ1v) is 10.00. The molecule has 144 valence electrons. The molecule has 1 saturated heterocycles. The third-order valence-corrected chi connectivity index (χ3v) is 5.45. The van der Waals surface area contributed by atoms with Gasteiger partial charge in [-0.05, 0) is 48.5 Å². The maximum absolute atomic E-state index is 13.1. The number of benzene rings is 3. The number of aliphatic imine (C=N–C) groups is 1. The molecule has 1 fully saturated rings. The number of ether oxygens (including phenoxy) is 1. The predicted molar refractivity (Wildman–Crippen MR) is 116 cm³/mol. The summed E-state index contributed by atoms with van der Waals surface area (Å²) in [5.74, 6) is 0.545. The minimum absolute atomic E-state index is 0.0691. The Kier molecular flexibility index (Phi) is 5.72. The fourth-order valence-corrected chi connectivity index (χ4v) is 3.95. The molecule has 1 atom stereocenters. The van der Waals surface area contributed by atoms with Crippen molar-refractivity contribution in [2.75, 3.05) is 11.5 Å². The van der Waals surface area contributed by atoms with E-state index in [9.17, 15) is 9.59 Å². The van der Waals surface area contributed by atoms with Gasteiger partial charge in [-0.15, -0.1) is 0 Å². The Morgan fingerprint density at radius 2 is 1.59 bits per heavy atom. The molecule has 0 N–H and O–H groups in total. The van der Waals surface area contributed by atoms with Crippen molar-refractivity contribution in [1.29, 1.82) is 0 Å². The van der Waals surface area contributed by atoms with Gasteiger partial charge in [0, 0.05) is 5.56 Å². The summed E-state index contributed by atoms with van der Waals surface area (Å²) in [4.78, 5) is 30.2. The van der Waals surface area contributed by atoms with Gasteiger partial charge in [0.2, 0.25) is 5.91 Å². The van der Waals surface area contributed by atoms with Crippen LogP contribution in [-0.2, 0) is 4.79 Å². The van der Waals surface area contributed by atoms with Gasteiger partial charge in [-0.3, -0.25) is 14.5 Å². The summed E-state index contributed by atoms with van der Waals surface area (Å²) in [5.41, 5.74) is 2.14. The molecule has 3 aromatic carbocycles. The molecule has 1 heterocycles. The van der Waals surface area contributed by atoms with Crippen molar-refractivity contribution in [2.45, 2.75) is 5.25 Å². The highest BCUT2D eigenvalue weighted by molar-refractivity contribution is 8.16. The van der Waals surface area contributed by atoms with E-state index >= 15 is 0 Å². The smallest absolute Gasteiger partial charge is 0.250 e. The summed E-state index contributed by atoms with van der Waals surface area (Å²) in [7, 11) is 0. The highest BCUT2D eigenvalue weighted by Gasteiger charge is 2.39. The number of anilines is 1. The Morgan fingerprint density at radius 3 is 2.24 bits per heavy atom. The van der Waals surface area contributed by atoms with Crippen LogP contribution in [0.4, 0.5) is 11.4 Å². The molecule has 5 nitrogen and oxygen atoms in total. The van der Waals surface area contributed by atoms with Crippen LogP contribution in [0.3, 0.4) is 0 Å². The lowest BCUT2D eigenvalue weighted by atomic mass is 10.2. The zero-order chi connectivity index (χ0) is 20.1. The van der Waals surface area contributed by atoms with Gasteiger partial charge in [0.1, 0.15) is 23.9 Å². The SMILES string of the molecule is O=Cc1ccc(OCC2SC(=Nc3ccccc3)N(c3ccccc3)C2=O)cc1. The number of thioether (sulfide) groups is 1. The van der Waals surface area contributed by atoms with Gasteiger partial charge in [-0.1, -0.05) is 48.2 Å². The van der Waals surface area contributed by atoms with Crippen molar-refractivity contribution in [2.24, 2.45) is 4.99 Å². The van der Waals surface area contributed by atoms with Crippen molar-refractivity contribution in [3.8, 4) is 5.75 Å². The second-order valence-electron chi connectivity index (χ2n) is 6.34. The van der Waals surface area contributed by atoms with Gasteiger partial charge in [0.15, 0.2) is 5.17 Å². The second kappa shape index (κ2) is 8.75. The first-order chi connectivity index (χ1) is 14.2. The van der Waals surface area contributed by atoms with Crippen LogP contribution in [0, 0.1) is 0 Å². The van der Waals surface area contributed by atoms with Crippen LogP contribution < -0.4 is 9.64 Å². The van der Waals surface area contributed by atoms with Crippen molar-refractivity contribution in [3.63, 3.8) is 0 Å². The second-order valence-corrected chi connectivity index (χ2v) is 7.51. The minimum atomic E-state index is -0.414. The number of hydrogen-bond donors (Lipinski definition) is 0. The topological polar surface area (TPSA) is 59.0 Å². The molecule has 0 radical (unpaired) electrons. The number of aldehydes is 1. The number of carbonyl (C=O) groups is 2. The fourth-order valence-electron chi connectivity index (χ4n) is 2.89. The number of hydrogen-bond acceptors (Lipinski definition) is 5. The Hall–Kier alpha value is -3.38. The number of amides is 1. The van der Waals surface area contributed by atoms with Crippen molar-refractivity contribution >= 4 is 40.5 Å². The Labute approximate surface area is 173 Å². The van der Waals surface area contributed by atoms with E-state index in [-0.39, 0.29) is 12.5 Å². The summed E-state index contributed by atoms with van der Waals surface area (Å²) in [5, 5.41) is 0.209. The first-order valence-electron chi connectivity index (χ1n) is 9.12. The Morgan fingerprint density at radius 1 is 0.931 bits per heavy atom. The van der Waals surface area contributed by atoms with Gasteiger partial charge >= 0.3 is 0 Å². The molecule has 1 aliphatic rings. The third kappa shape index (κ3) is 4.38. The molecule has 0 saturated carbocycles. The maximum atomic E-state index is 13.1. The van der Waals surface area contributed by atoms with Crippen LogP contribution in [0.15, 0.2) is 89.9 Å². The number of rotatable bonds is 6. The first kappa shape index (κ1) is 19.0. The molecular weight excluding hydrogens is 384 g/mol. The summed E-state index contributed by atoms with van der Waals surface area (Å²) < 4.78 is 5.80. The van der Waals surface area contributed by atoms with Crippen molar-refractivity contribution in [3.05, 3.63) is 90.5 Å². The van der Waals surface area contributed by atoms with Gasteiger partial charge in [-0.2, -0.15) is 0 Å². The molecule has 29 heavy (non-hydrogen) atoms. The zero-order valence-corrected chi connectivity index (χ0v) is 16.3. The highest BCUT2D eigenvalue weighted by atomic mass is 32.2. The van der Waals surface area contributed by atoms with Crippen molar-refractivity contribution in [1.82, 2.24) is 0 Å². The normalized spacial score (nSPS) is 17.5. The van der Waals surface area contributed by atoms with E-state index in [1.807, 2.05) is 60.7 Å². The molecule has 0 aromatic heterocycles. The summed E-state index contributed by atoms with van der Waals surface area (Å²) in [6.45, 7) is 0.209. The van der Waals surface area contributed by atoms with E-state index in [0.717, 1.165) is 17.7 Å². The number of para-hydroxylation sites is 2. The van der Waals surface area contributed by atoms with E-state index in [2.05, 4.69) is 4.99 Å². The molecule has 6 heteroatoms. The van der Waals surface area contributed by atoms with Crippen LogP contribution in [0.5, 0.6) is 5.75 Å². The van der Waals surface area contributed by atoms with Crippen LogP contribution >= 0.6 is 11.8 Å². The highest BCUT2D eigenvalue weighted by Crippen LogP contribution is 2.34. The van der Waals surface area contributed by atoms with Gasteiger partial charge < -0.3 is 4.74 Å². The quantitative estimate of drug-likeness (QED) is 0.560. The van der Waals surface area contributed by atoms with Crippen molar-refractivity contribution < 1.29 is 14.3 Å². The summed E-state index contributed by atoms with van der Waals surface area (Å²) in [6.07, 6.45) is 0.782. The fraction of sp³-hybridized carbons (Fsp3) is 0.0870. The van der Waals surface area contributed by atoms with Gasteiger partial charge in [0.05, 0.1) is 11.4 Å². The predicted octanol–water partition coefficient (Wildman–Crippen LogP) is 4.71. The summed E-state index contributed by atoms with van der Waals surface area (Å²) in [6, 6.07) is 25.9. The molecule has 1 amide bonds. The van der Waals surface area contributed by atoms with E-state index in [1.54, 1.807) is 29.2 Å². The monoisotopic (exact) mass is 402 g/mol.